The third kappa shape index (κ3) is 16.9. The Morgan fingerprint density at radius 2 is 1.04 bits per heavy atom. The maximum absolute atomic E-state index is 12.8. The van der Waals surface area contributed by atoms with Crippen LogP contribution in [0.4, 0.5) is 0 Å². The van der Waals surface area contributed by atoms with Crippen LogP contribution in [-0.2, 0) is 28.7 Å². The maximum Gasteiger partial charge on any atom is 0.343 e. The third-order valence-corrected chi connectivity index (χ3v) is 6.31. The minimum atomic E-state index is -0.546. The van der Waals surface area contributed by atoms with Gasteiger partial charge in [0, 0.05) is 25.0 Å². The fourth-order valence-corrected chi connectivity index (χ4v) is 4.12. The van der Waals surface area contributed by atoms with Crippen LogP contribution in [0.2, 0.25) is 0 Å². The van der Waals surface area contributed by atoms with Crippen molar-refractivity contribution in [2.75, 3.05) is 0 Å². The van der Waals surface area contributed by atoms with Gasteiger partial charge in [-0.25, -0.2) is 14.4 Å². The molecule has 0 aromatic heterocycles. The summed E-state index contributed by atoms with van der Waals surface area (Å²) in [5.74, 6) is 0.804. The Hall–Kier alpha value is -5.25. The maximum atomic E-state index is 12.8. The first-order valence-electron chi connectivity index (χ1n) is 16.2. The fraction of sp³-hybridized carbons (Fsp3) is 0.359. The topological polar surface area (TPSA) is 116 Å². The van der Waals surface area contributed by atoms with E-state index in [2.05, 4.69) is 13.2 Å². The number of rotatable bonds is 19. The molecule has 2 rings (SSSR count). The Morgan fingerprint density at radius 3 is 1.47 bits per heavy atom. The quantitative estimate of drug-likeness (QED) is 0.0271. The molecule has 0 saturated carbocycles. The predicted molar refractivity (Wildman–Crippen MR) is 189 cm³/mol. The van der Waals surface area contributed by atoms with Gasteiger partial charge in [-0.15, -0.1) is 0 Å². The van der Waals surface area contributed by atoms with Gasteiger partial charge in [-0.05, 0) is 114 Å². The van der Waals surface area contributed by atoms with Gasteiger partial charge in [0.2, 0.25) is 0 Å². The molecular formula is C39H50O10. The van der Waals surface area contributed by atoms with Crippen molar-refractivity contribution in [1.82, 2.24) is 0 Å². The van der Waals surface area contributed by atoms with Gasteiger partial charge in [0.05, 0.1) is 17.8 Å². The summed E-state index contributed by atoms with van der Waals surface area (Å²) in [7, 11) is 0. The molecule has 4 unspecified atom stereocenters. The van der Waals surface area contributed by atoms with Crippen molar-refractivity contribution < 1.29 is 47.8 Å². The highest BCUT2D eigenvalue weighted by Crippen LogP contribution is 2.22. The van der Waals surface area contributed by atoms with Crippen LogP contribution in [0.1, 0.15) is 78.6 Å². The van der Waals surface area contributed by atoms with Gasteiger partial charge in [0.25, 0.3) is 0 Å². The first kappa shape index (κ1) is 41.8. The van der Waals surface area contributed by atoms with Gasteiger partial charge < -0.3 is 23.7 Å². The minimum Gasteiger partial charge on any atom is -0.491 e. The minimum absolute atomic E-state index is 0.195. The van der Waals surface area contributed by atoms with Crippen LogP contribution in [0, 0.1) is 0 Å². The number of benzene rings is 2. The zero-order chi connectivity index (χ0) is 36.8. The number of hydrogen-bond donors (Lipinski definition) is 0. The zero-order valence-electron chi connectivity index (χ0n) is 29.8. The van der Waals surface area contributed by atoms with E-state index in [0.717, 1.165) is 12.2 Å². The highest BCUT2D eigenvalue weighted by Gasteiger charge is 2.15. The van der Waals surface area contributed by atoms with Crippen molar-refractivity contribution in [3.8, 4) is 17.2 Å². The van der Waals surface area contributed by atoms with E-state index >= 15 is 0 Å². The van der Waals surface area contributed by atoms with Gasteiger partial charge in [0.15, 0.2) is 11.5 Å². The molecule has 10 nitrogen and oxygen atoms in total. The molecule has 0 radical (unpaired) electrons. The van der Waals surface area contributed by atoms with E-state index < -0.39 is 17.9 Å². The van der Waals surface area contributed by atoms with Gasteiger partial charge in [-0.1, -0.05) is 27.0 Å². The lowest BCUT2D eigenvalue weighted by molar-refractivity contribution is -0.161. The molecule has 0 amide bonds. The lowest BCUT2D eigenvalue weighted by Gasteiger charge is -2.19. The Balaban J connectivity index is 0.00000589. The molecule has 2 aromatic carbocycles. The number of esters is 3. The standard InChI is InChI=1S/C37H44O10.C2H6/c1-9-30(45-37(40)29-13-15-32(16-14-29)41-25(5)23-27(7)43-35(38)11-3)17-18-31(10-2)46-47-34-21-19-33(20-22-34)42-26(6)24-28(8)44-36(39)12-4;1-2/h9-22,25-28H,3-4,23-24H2,1-2,5-8H3;1-2H3/b18-17-,30-9+,31-10+;. The summed E-state index contributed by atoms with van der Waals surface area (Å²) < 4.78 is 27.6. The monoisotopic (exact) mass is 678 g/mol. The van der Waals surface area contributed by atoms with Crippen molar-refractivity contribution in [2.45, 2.75) is 92.6 Å². The summed E-state index contributed by atoms with van der Waals surface area (Å²) in [5, 5.41) is 0. The molecule has 0 aliphatic rings. The van der Waals surface area contributed by atoms with E-state index in [4.69, 9.17) is 33.5 Å². The fourth-order valence-electron chi connectivity index (χ4n) is 4.12. The second kappa shape index (κ2) is 23.1. The smallest absolute Gasteiger partial charge is 0.343 e. The second-order valence-electron chi connectivity index (χ2n) is 10.5. The molecule has 0 bridgehead atoms. The van der Waals surface area contributed by atoms with E-state index in [1.807, 2.05) is 27.7 Å². The molecule has 0 heterocycles. The van der Waals surface area contributed by atoms with Crippen LogP contribution in [0.3, 0.4) is 0 Å². The number of hydrogen-bond acceptors (Lipinski definition) is 10. The second-order valence-corrected chi connectivity index (χ2v) is 10.5. The largest absolute Gasteiger partial charge is 0.491 e. The van der Waals surface area contributed by atoms with E-state index in [-0.39, 0.29) is 24.4 Å². The Kier molecular flexibility index (Phi) is 19.7. The summed E-state index contributed by atoms with van der Waals surface area (Å²) in [5.41, 5.74) is 0.337. The summed E-state index contributed by atoms with van der Waals surface area (Å²) in [6.45, 7) is 21.6. The average Bonchev–Trinajstić information content (AvgIpc) is 3.08. The predicted octanol–water partition coefficient (Wildman–Crippen LogP) is 8.79. The molecule has 2 aromatic rings. The molecule has 49 heavy (non-hydrogen) atoms. The lowest BCUT2D eigenvalue weighted by atomic mass is 10.2. The highest BCUT2D eigenvalue weighted by molar-refractivity contribution is 5.90. The first-order chi connectivity index (χ1) is 23.5. The molecule has 10 heteroatoms. The Labute approximate surface area is 290 Å². The molecule has 0 aliphatic carbocycles. The van der Waals surface area contributed by atoms with E-state index in [0.29, 0.717) is 47.2 Å². The molecule has 0 aliphatic heterocycles. The molecule has 4 atom stereocenters. The SMILES string of the molecule is C=CC(=O)OC(C)CC(C)Oc1ccc(OOC(/C=C\C(=C/C)OC(=O)c2ccc(OC(C)CC(C)OC(=O)C=C)cc2)=C/C)cc1.CC. The van der Waals surface area contributed by atoms with E-state index in [1.165, 1.54) is 0 Å². The zero-order valence-corrected chi connectivity index (χ0v) is 29.8. The van der Waals surface area contributed by atoms with Crippen molar-refractivity contribution in [2.24, 2.45) is 0 Å². The van der Waals surface area contributed by atoms with Gasteiger partial charge in [0.1, 0.15) is 29.5 Å². The molecule has 0 N–H and O–H groups in total. The van der Waals surface area contributed by atoms with E-state index in [9.17, 15) is 14.4 Å². The molecular weight excluding hydrogens is 628 g/mol. The molecule has 0 fully saturated rings. The number of carbonyl (C=O) groups excluding carboxylic acids is 3. The molecule has 266 valence electrons. The number of carbonyl (C=O) groups is 3. The summed E-state index contributed by atoms with van der Waals surface area (Å²) in [6.07, 6.45) is 8.70. The van der Waals surface area contributed by atoms with Crippen LogP contribution < -0.4 is 14.4 Å². The van der Waals surface area contributed by atoms with Gasteiger partial charge >= 0.3 is 17.9 Å². The van der Waals surface area contributed by atoms with Crippen molar-refractivity contribution in [3.05, 3.63) is 115 Å². The summed E-state index contributed by atoms with van der Waals surface area (Å²) in [4.78, 5) is 46.3. The Morgan fingerprint density at radius 1 is 0.633 bits per heavy atom. The van der Waals surface area contributed by atoms with Crippen LogP contribution in [-0.4, -0.2) is 42.3 Å². The molecule has 0 spiro atoms. The van der Waals surface area contributed by atoms with Crippen LogP contribution >= 0.6 is 0 Å². The average molecular weight is 679 g/mol. The van der Waals surface area contributed by atoms with Crippen LogP contribution in [0.5, 0.6) is 17.2 Å². The third-order valence-electron chi connectivity index (χ3n) is 6.31. The lowest BCUT2D eigenvalue weighted by Crippen LogP contribution is -2.22. The van der Waals surface area contributed by atoms with Gasteiger partial charge in [-0.2, -0.15) is 0 Å². The summed E-state index contributed by atoms with van der Waals surface area (Å²) in [6, 6.07) is 13.4. The van der Waals surface area contributed by atoms with Gasteiger partial charge in [-0.3, -0.25) is 9.78 Å². The van der Waals surface area contributed by atoms with Crippen molar-refractivity contribution in [3.63, 3.8) is 0 Å². The number of ether oxygens (including phenoxy) is 5. The van der Waals surface area contributed by atoms with Crippen LogP contribution in [0.15, 0.2) is 110 Å². The highest BCUT2D eigenvalue weighted by atomic mass is 17.2. The number of allylic oxidation sites excluding steroid dienone is 4. The molecule has 0 saturated heterocycles. The summed E-state index contributed by atoms with van der Waals surface area (Å²) >= 11 is 0. The van der Waals surface area contributed by atoms with E-state index in [1.54, 1.807) is 101 Å². The van der Waals surface area contributed by atoms with Crippen molar-refractivity contribution >= 4 is 17.9 Å². The van der Waals surface area contributed by atoms with Crippen LogP contribution in [0.25, 0.3) is 0 Å². The first-order valence-corrected chi connectivity index (χ1v) is 16.2. The normalized spacial score (nSPS) is 13.7. The Bertz CT molecular complexity index is 1420. The van der Waals surface area contributed by atoms with Crippen molar-refractivity contribution in [1.29, 1.82) is 0 Å².